The Kier molecular flexibility index (Phi) is 12.4. The molecule has 0 aromatic heterocycles. The number of aliphatic hydroxyl groups excluding tert-OH is 2. The molecule has 5 fully saturated rings. The van der Waals surface area contributed by atoms with Crippen molar-refractivity contribution in [1.29, 1.82) is 0 Å². The van der Waals surface area contributed by atoms with Gasteiger partial charge in [-0.3, -0.25) is 0 Å². The molecule has 0 aromatic carbocycles. The van der Waals surface area contributed by atoms with Crippen molar-refractivity contribution < 1.29 is 58.3 Å². The number of aliphatic hydroxyl groups is 4. The average molecular weight is 728 g/mol. The van der Waals surface area contributed by atoms with Gasteiger partial charge < -0.3 is 63.6 Å². The Balaban J connectivity index is 1.61. The highest BCUT2D eigenvalue weighted by atomic mass is 16.8. The largest absolute Gasteiger partial charge is 0.387 e. The monoisotopic (exact) mass is 727 g/mol. The first-order valence-electron chi connectivity index (χ1n) is 18.9. The molecule has 294 valence electrons. The fourth-order valence-electron chi connectivity index (χ4n) is 9.77. The number of fused-ring (bicyclic) bond motifs is 4. The fourth-order valence-corrected chi connectivity index (χ4v) is 9.77. The van der Waals surface area contributed by atoms with Crippen molar-refractivity contribution in [3.63, 3.8) is 0 Å². The number of hydrogen-bond acceptors (Lipinski definition) is 13. The summed E-state index contributed by atoms with van der Waals surface area (Å²) >= 11 is 0. The Bertz CT molecular complexity index is 1230. The van der Waals surface area contributed by atoms with Crippen LogP contribution in [0.4, 0.5) is 0 Å². The Morgan fingerprint density at radius 1 is 0.922 bits per heavy atom. The molecule has 5 aliphatic heterocycles. The first-order valence-corrected chi connectivity index (χ1v) is 18.9. The van der Waals surface area contributed by atoms with Gasteiger partial charge in [-0.15, -0.1) is 6.42 Å². The third-order valence-corrected chi connectivity index (χ3v) is 12.7. The van der Waals surface area contributed by atoms with Crippen molar-refractivity contribution in [2.45, 2.75) is 191 Å². The number of terminal acetylenes is 1. The van der Waals surface area contributed by atoms with Crippen LogP contribution >= 0.6 is 0 Å². The molecule has 0 saturated carbocycles. The highest BCUT2D eigenvalue weighted by Gasteiger charge is 2.64. The second-order valence-electron chi connectivity index (χ2n) is 16.8. The Hall–Kier alpha value is -0.960. The minimum Gasteiger partial charge on any atom is -0.387 e. The molecular formula is C38H65NO12. The second kappa shape index (κ2) is 15.3. The molecule has 51 heavy (non-hydrogen) atoms. The Morgan fingerprint density at radius 3 is 2.24 bits per heavy atom. The van der Waals surface area contributed by atoms with Gasteiger partial charge in [0.25, 0.3) is 5.97 Å². The second-order valence-corrected chi connectivity index (χ2v) is 16.8. The van der Waals surface area contributed by atoms with Gasteiger partial charge in [0.05, 0.1) is 66.4 Å². The van der Waals surface area contributed by atoms with Crippen molar-refractivity contribution in [1.82, 2.24) is 5.32 Å². The van der Waals surface area contributed by atoms with E-state index in [-0.39, 0.29) is 43.1 Å². The topological polar surface area (TPSA) is 167 Å². The maximum absolute atomic E-state index is 12.5. The quantitative estimate of drug-likeness (QED) is 0.232. The molecule has 5 heterocycles. The molecule has 0 aromatic rings. The van der Waals surface area contributed by atoms with E-state index >= 15 is 0 Å². The van der Waals surface area contributed by atoms with E-state index in [1.807, 2.05) is 41.5 Å². The molecule has 20 atom stereocenters. The van der Waals surface area contributed by atoms with Gasteiger partial charge in [0.15, 0.2) is 12.6 Å². The van der Waals surface area contributed by atoms with Crippen LogP contribution in [0, 0.1) is 36.0 Å². The van der Waals surface area contributed by atoms with E-state index in [1.54, 1.807) is 27.9 Å². The first kappa shape index (κ1) is 41.2. The first-order chi connectivity index (χ1) is 23.7. The molecule has 5 aliphatic rings. The minimum absolute atomic E-state index is 0.00234. The summed E-state index contributed by atoms with van der Waals surface area (Å²) in [6, 6.07) is -0.368. The number of nitrogens with one attached hydrogen (secondary N) is 1. The van der Waals surface area contributed by atoms with Gasteiger partial charge in [-0.05, 0) is 59.8 Å². The van der Waals surface area contributed by atoms with Crippen molar-refractivity contribution in [2.75, 3.05) is 13.7 Å². The maximum Gasteiger partial charge on any atom is 0.286 e. The van der Waals surface area contributed by atoms with Gasteiger partial charge in [-0.2, -0.15) is 0 Å². The molecule has 0 aliphatic carbocycles. The smallest absolute Gasteiger partial charge is 0.286 e. The van der Waals surface area contributed by atoms with E-state index in [0.29, 0.717) is 19.3 Å². The van der Waals surface area contributed by atoms with Crippen molar-refractivity contribution in [3.8, 4) is 12.3 Å². The molecule has 5 saturated heterocycles. The SMILES string of the molecule is C#CCNC1C[C@@H](C)O[C@@H](O[C@@H]2[C@@H](C)[C@H](O[C@H]3CC(C)(OC)[C@@H](O)C(C)O3)[C@@H](C)[C@@]3(O)O[C@H]([C@@H](C)C4O[C@@]2(C)C[C@@H]4C)[C@](C)(O)[C@@H](CC)O3)C1O. The zero-order valence-corrected chi connectivity index (χ0v) is 32.4. The van der Waals surface area contributed by atoms with Crippen LogP contribution in [0.3, 0.4) is 0 Å². The molecule has 0 amide bonds. The molecule has 13 heteroatoms. The van der Waals surface area contributed by atoms with Crippen LogP contribution in [0.5, 0.6) is 0 Å². The predicted molar refractivity (Wildman–Crippen MR) is 186 cm³/mol. The van der Waals surface area contributed by atoms with E-state index in [0.717, 1.165) is 0 Å². The van der Waals surface area contributed by atoms with E-state index in [4.69, 9.17) is 44.3 Å². The third-order valence-electron chi connectivity index (χ3n) is 12.7. The van der Waals surface area contributed by atoms with Crippen LogP contribution in [0.2, 0.25) is 0 Å². The van der Waals surface area contributed by atoms with Crippen LogP contribution in [0.15, 0.2) is 0 Å². The zero-order valence-electron chi connectivity index (χ0n) is 32.4. The minimum atomic E-state index is -2.19. The van der Waals surface area contributed by atoms with Gasteiger partial charge >= 0.3 is 0 Å². The molecule has 0 spiro atoms. The average Bonchev–Trinajstić information content (AvgIpc) is 3.39. The van der Waals surface area contributed by atoms with Crippen molar-refractivity contribution >= 4 is 0 Å². The van der Waals surface area contributed by atoms with Crippen molar-refractivity contribution in [3.05, 3.63) is 0 Å². The summed E-state index contributed by atoms with van der Waals surface area (Å²) in [4.78, 5) is 0. The highest BCUT2D eigenvalue weighted by molar-refractivity contribution is 5.07. The highest BCUT2D eigenvalue weighted by Crippen LogP contribution is 2.52. The molecule has 4 bridgehead atoms. The summed E-state index contributed by atoms with van der Waals surface area (Å²) in [6.07, 6.45) is -1.10. The molecule has 5 unspecified atom stereocenters. The number of hydrogen-bond donors (Lipinski definition) is 5. The van der Waals surface area contributed by atoms with Gasteiger partial charge in [-0.25, -0.2) is 0 Å². The molecule has 5 N–H and O–H groups in total. The maximum atomic E-state index is 12.5. The normalized spacial score (nSPS) is 55.1. The van der Waals surface area contributed by atoms with Crippen LogP contribution in [0.25, 0.3) is 0 Å². The summed E-state index contributed by atoms with van der Waals surface area (Å²) in [5, 5.41) is 50.3. The lowest BCUT2D eigenvalue weighted by molar-refractivity contribution is -0.481. The van der Waals surface area contributed by atoms with Crippen LogP contribution in [-0.4, -0.2) is 130 Å². The van der Waals surface area contributed by atoms with Crippen LogP contribution in [0.1, 0.15) is 94.9 Å². The molecular weight excluding hydrogens is 662 g/mol. The number of ether oxygens (including phenoxy) is 8. The lowest BCUT2D eigenvalue weighted by Gasteiger charge is -2.55. The lowest BCUT2D eigenvalue weighted by atomic mass is 9.74. The summed E-state index contributed by atoms with van der Waals surface area (Å²) in [6.45, 7) is 19.2. The summed E-state index contributed by atoms with van der Waals surface area (Å²) in [5.74, 6) is -1.42. The molecule has 0 radical (unpaired) electrons. The van der Waals surface area contributed by atoms with E-state index in [9.17, 15) is 20.4 Å². The van der Waals surface area contributed by atoms with Crippen molar-refractivity contribution in [2.24, 2.45) is 23.7 Å². The lowest BCUT2D eigenvalue weighted by Crippen LogP contribution is -2.69. The standard InChI is InChI=1S/C38H65NO12/c1-13-15-39-25-16-20(4)45-34(28(25)40)48-32-22(6)30(47-27-18-35(9,44-12)31(41)24(8)46-27)23(7)38(43)49-26(14-2)37(11,42)33(51-38)21(5)29-19(3)17-36(32,10)50-29/h1,19-34,39-43H,14-18H2,2-12H3/t19-,20+,21-,22-,23+,24?,25?,26+,27-,28?,29?,30-,31-,32+,33+,34-,35?,36-,37+,38-/m0/s1. The molecule has 5 rings (SSSR count). The predicted octanol–water partition coefficient (Wildman–Crippen LogP) is 2.44. The van der Waals surface area contributed by atoms with Gasteiger partial charge in [0.1, 0.15) is 17.8 Å². The Labute approximate surface area is 304 Å². The van der Waals surface area contributed by atoms with E-state index < -0.39 is 89.9 Å². The summed E-state index contributed by atoms with van der Waals surface area (Å²) < 4.78 is 52.1. The Morgan fingerprint density at radius 2 is 1.61 bits per heavy atom. The third kappa shape index (κ3) is 7.66. The number of rotatable bonds is 8. The van der Waals surface area contributed by atoms with E-state index in [1.165, 1.54) is 0 Å². The van der Waals surface area contributed by atoms with E-state index in [2.05, 4.69) is 18.2 Å². The van der Waals surface area contributed by atoms with Gasteiger partial charge in [0.2, 0.25) is 0 Å². The van der Waals surface area contributed by atoms with Gasteiger partial charge in [0, 0.05) is 31.4 Å². The van der Waals surface area contributed by atoms with Crippen LogP contribution < -0.4 is 5.32 Å². The van der Waals surface area contributed by atoms with Crippen LogP contribution in [-0.2, 0) is 37.9 Å². The molecule has 13 nitrogen and oxygen atoms in total. The zero-order chi connectivity index (χ0) is 37.8. The fraction of sp³-hybridized carbons (Fsp3) is 0.947. The van der Waals surface area contributed by atoms with Gasteiger partial charge in [-0.1, -0.05) is 40.5 Å². The summed E-state index contributed by atoms with van der Waals surface area (Å²) in [5.41, 5.74) is -3.36. The number of methoxy groups -OCH3 is 1. The summed E-state index contributed by atoms with van der Waals surface area (Å²) in [7, 11) is 1.54.